The Hall–Kier alpha value is -1.38. The lowest BCUT2D eigenvalue weighted by Crippen LogP contribution is -1.84. The second-order valence-corrected chi connectivity index (χ2v) is 3.05. The van der Waals surface area contributed by atoms with Crippen molar-refractivity contribution in [2.24, 2.45) is 5.92 Å². The van der Waals surface area contributed by atoms with Crippen molar-refractivity contribution in [1.82, 2.24) is 10.4 Å². The van der Waals surface area contributed by atoms with E-state index in [0.717, 1.165) is 17.0 Å². The van der Waals surface area contributed by atoms with Gasteiger partial charge >= 0.3 is 0 Å². The fourth-order valence-electron chi connectivity index (χ4n) is 1.35. The zero-order valence-corrected chi connectivity index (χ0v) is 7.11. The van der Waals surface area contributed by atoms with Gasteiger partial charge in [-0.25, -0.2) is 0 Å². The van der Waals surface area contributed by atoms with Crippen LogP contribution in [0.3, 0.4) is 0 Å². The first-order valence-electron chi connectivity index (χ1n) is 3.97. The van der Waals surface area contributed by atoms with Gasteiger partial charge in [0.2, 0.25) is 0 Å². The highest BCUT2D eigenvalue weighted by Crippen LogP contribution is 2.23. The van der Waals surface area contributed by atoms with Crippen LogP contribution in [0.2, 0.25) is 0 Å². The maximum Gasteiger partial charge on any atom is 0.187 e. The van der Waals surface area contributed by atoms with Gasteiger partial charge in [0.15, 0.2) is 5.76 Å². The standard InChI is InChI=1S/C9H10N2O/c1-6-3-4-8-9(7(2)5-6)10-11-12-8/h3-6H,1-2H3. The molecule has 0 fully saturated rings. The van der Waals surface area contributed by atoms with Gasteiger partial charge in [0.1, 0.15) is 5.69 Å². The summed E-state index contributed by atoms with van der Waals surface area (Å²) in [5, 5.41) is 7.40. The maximum atomic E-state index is 4.97. The van der Waals surface area contributed by atoms with Gasteiger partial charge in [-0.3, -0.25) is 0 Å². The van der Waals surface area contributed by atoms with Gasteiger partial charge in [-0.15, -0.1) is 5.10 Å². The Kier molecular flexibility index (Phi) is 1.57. The summed E-state index contributed by atoms with van der Waals surface area (Å²) in [5.74, 6) is 1.20. The van der Waals surface area contributed by atoms with Gasteiger partial charge in [-0.2, -0.15) is 0 Å². The normalized spacial score (nSPS) is 21.5. The SMILES string of the molecule is CC1=CC(C)C=Cc2onnc21. The molecule has 1 atom stereocenters. The molecule has 2 rings (SSSR count). The molecule has 12 heavy (non-hydrogen) atoms. The number of fused-ring (bicyclic) bond motifs is 1. The number of allylic oxidation sites excluding steroid dienone is 3. The summed E-state index contributed by atoms with van der Waals surface area (Å²) < 4.78 is 4.97. The van der Waals surface area contributed by atoms with Gasteiger partial charge in [-0.1, -0.05) is 19.1 Å². The van der Waals surface area contributed by atoms with Crippen molar-refractivity contribution < 1.29 is 4.52 Å². The molecule has 0 aliphatic heterocycles. The molecular weight excluding hydrogens is 152 g/mol. The molecule has 1 unspecified atom stereocenters. The Bertz CT molecular complexity index is 349. The first-order valence-corrected chi connectivity index (χ1v) is 3.97. The minimum Gasteiger partial charge on any atom is -0.337 e. The zero-order valence-electron chi connectivity index (χ0n) is 7.11. The molecule has 1 aliphatic carbocycles. The molecule has 62 valence electrons. The summed E-state index contributed by atoms with van der Waals surface area (Å²) in [5.41, 5.74) is 1.99. The highest BCUT2D eigenvalue weighted by Gasteiger charge is 2.12. The van der Waals surface area contributed by atoms with E-state index in [2.05, 4.69) is 29.4 Å². The minimum atomic E-state index is 0.439. The third-order valence-corrected chi connectivity index (χ3v) is 1.95. The topological polar surface area (TPSA) is 38.9 Å². The fourth-order valence-corrected chi connectivity index (χ4v) is 1.35. The largest absolute Gasteiger partial charge is 0.337 e. The molecule has 1 heterocycles. The van der Waals surface area contributed by atoms with Crippen LogP contribution in [0.5, 0.6) is 0 Å². The van der Waals surface area contributed by atoms with Crippen LogP contribution >= 0.6 is 0 Å². The Morgan fingerprint density at radius 1 is 1.50 bits per heavy atom. The molecule has 0 bridgehead atoms. The Morgan fingerprint density at radius 3 is 3.17 bits per heavy atom. The van der Waals surface area contributed by atoms with E-state index >= 15 is 0 Å². The molecule has 0 saturated carbocycles. The van der Waals surface area contributed by atoms with Crippen molar-refractivity contribution in [3.8, 4) is 0 Å². The van der Waals surface area contributed by atoms with Gasteiger partial charge < -0.3 is 4.52 Å². The molecule has 1 aliphatic rings. The maximum absolute atomic E-state index is 4.97. The molecule has 0 N–H and O–H groups in total. The smallest absolute Gasteiger partial charge is 0.187 e. The second kappa shape index (κ2) is 2.59. The van der Waals surface area contributed by atoms with E-state index in [1.54, 1.807) is 0 Å². The lowest BCUT2D eigenvalue weighted by Gasteiger charge is -1.96. The van der Waals surface area contributed by atoms with Crippen molar-refractivity contribution >= 4 is 11.6 Å². The number of nitrogens with zero attached hydrogens (tertiary/aromatic N) is 2. The minimum absolute atomic E-state index is 0.439. The van der Waals surface area contributed by atoms with Crippen LogP contribution in [0.25, 0.3) is 11.6 Å². The Labute approximate surface area is 70.8 Å². The second-order valence-electron chi connectivity index (χ2n) is 3.05. The highest BCUT2D eigenvalue weighted by molar-refractivity contribution is 5.69. The number of hydrogen-bond donors (Lipinski definition) is 0. The van der Waals surface area contributed by atoms with Crippen molar-refractivity contribution in [2.75, 3.05) is 0 Å². The van der Waals surface area contributed by atoms with E-state index in [9.17, 15) is 0 Å². The summed E-state index contributed by atoms with van der Waals surface area (Å²) in [6.07, 6.45) is 6.14. The number of aromatic nitrogens is 2. The van der Waals surface area contributed by atoms with Gasteiger partial charge in [0, 0.05) is 5.27 Å². The third kappa shape index (κ3) is 1.07. The molecule has 0 radical (unpaired) electrons. The first kappa shape index (κ1) is 7.28. The molecule has 0 saturated heterocycles. The fraction of sp³-hybridized carbons (Fsp3) is 0.333. The van der Waals surface area contributed by atoms with Crippen LogP contribution in [0.15, 0.2) is 16.7 Å². The highest BCUT2D eigenvalue weighted by atomic mass is 16.5. The average molecular weight is 162 g/mol. The van der Waals surface area contributed by atoms with Crippen LogP contribution < -0.4 is 0 Å². The van der Waals surface area contributed by atoms with Crippen molar-refractivity contribution in [3.05, 3.63) is 23.6 Å². The Morgan fingerprint density at radius 2 is 2.33 bits per heavy atom. The van der Waals surface area contributed by atoms with Gasteiger partial charge in [-0.05, 0) is 24.5 Å². The van der Waals surface area contributed by atoms with E-state index in [1.165, 1.54) is 0 Å². The summed E-state index contributed by atoms with van der Waals surface area (Å²) in [6.45, 7) is 4.14. The van der Waals surface area contributed by atoms with Crippen molar-refractivity contribution in [3.63, 3.8) is 0 Å². The average Bonchev–Trinajstić information content (AvgIpc) is 2.43. The lowest BCUT2D eigenvalue weighted by molar-refractivity contribution is 0.386. The van der Waals surface area contributed by atoms with Crippen LogP contribution in [0.4, 0.5) is 0 Å². The molecule has 3 nitrogen and oxygen atoms in total. The molecule has 0 amide bonds. The summed E-state index contributed by atoms with van der Waals surface area (Å²) >= 11 is 0. The molecule has 1 aromatic heterocycles. The third-order valence-electron chi connectivity index (χ3n) is 1.95. The molecular formula is C9H10N2O. The number of hydrogen-bond acceptors (Lipinski definition) is 3. The molecule has 3 heteroatoms. The van der Waals surface area contributed by atoms with E-state index in [0.29, 0.717) is 5.92 Å². The lowest BCUT2D eigenvalue weighted by atomic mass is 10.1. The predicted octanol–water partition coefficient (Wildman–Crippen LogP) is 2.14. The van der Waals surface area contributed by atoms with Crippen molar-refractivity contribution in [1.29, 1.82) is 0 Å². The summed E-state index contributed by atoms with van der Waals surface area (Å²) in [4.78, 5) is 0. The van der Waals surface area contributed by atoms with E-state index in [1.807, 2.05) is 13.0 Å². The van der Waals surface area contributed by atoms with Crippen LogP contribution in [0, 0.1) is 5.92 Å². The van der Waals surface area contributed by atoms with E-state index < -0.39 is 0 Å². The molecule has 1 aromatic rings. The van der Waals surface area contributed by atoms with Crippen LogP contribution in [-0.2, 0) is 0 Å². The predicted molar refractivity (Wildman–Crippen MR) is 46.1 cm³/mol. The quantitative estimate of drug-likeness (QED) is 0.586. The summed E-state index contributed by atoms with van der Waals surface area (Å²) in [6, 6.07) is 0. The van der Waals surface area contributed by atoms with Gasteiger partial charge in [0.05, 0.1) is 0 Å². The van der Waals surface area contributed by atoms with Gasteiger partial charge in [0.25, 0.3) is 0 Å². The van der Waals surface area contributed by atoms with E-state index in [-0.39, 0.29) is 0 Å². The van der Waals surface area contributed by atoms with Crippen LogP contribution in [0.1, 0.15) is 25.3 Å². The van der Waals surface area contributed by atoms with Crippen LogP contribution in [-0.4, -0.2) is 10.4 Å². The number of rotatable bonds is 0. The van der Waals surface area contributed by atoms with E-state index in [4.69, 9.17) is 4.52 Å². The first-order chi connectivity index (χ1) is 5.77. The molecule has 0 aromatic carbocycles. The molecule has 0 spiro atoms. The Balaban J connectivity index is 2.55. The van der Waals surface area contributed by atoms with Crippen molar-refractivity contribution in [2.45, 2.75) is 13.8 Å². The monoisotopic (exact) mass is 162 g/mol. The zero-order chi connectivity index (χ0) is 8.55. The summed E-state index contributed by atoms with van der Waals surface area (Å²) in [7, 11) is 0.